The SMILES string of the molecule is CC(C)[C@@H]1Cc2c(sc3nc(SCC(=O)N(C)c4ccccc4)nc(N)c23)CO1. The maximum atomic E-state index is 12.5. The number of fused-ring (bicyclic) bond motifs is 3. The fraction of sp³-hybridized carbons (Fsp3) is 0.381. The van der Waals surface area contributed by atoms with Gasteiger partial charge < -0.3 is 15.4 Å². The number of thioether (sulfide) groups is 1. The van der Waals surface area contributed by atoms with Gasteiger partial charge in [-0.15, -0.1) is 11.3 Å². The van der Waals surface area contributed by atoms with Crippen molar-refractivity contribution in [2.75, 3.05) is 23.4 Å². The number of nitrogen functional groups attached to an aromatic ring is 1. The third-order valence-electron chi connectivity index (χ3n) is 5.16. The number of nitrogens with two attached hydrogens (primary N) is 1. The van der Waals surface area contributed by atoms with E-state index in [0.717, 1.165) is 22.3 Å². The van der Waals surface area contributed by atoms with Crippen LogP contribution in [0.2, 0.25) is 0 Å². The van der Waals surface area contributed by atoms with E-state index in [1.807, 2.05) is 30.3 Å². The standard InChI is InChI=1S/C21H24N4O2S2/c1-12(2)15-9-14-16(10-27-15)29-20-18(14)19(22)23-21(24-20)28-11-17(26)25(3)13-7-5-4-6-8-13/h4-8,12,15H,9-11H2,1-3H3,(H2,22,23,24)/t15-/m0/s1. The van der Waals surface area contributed by atoms with E-state index in [1.165, 1.54) is 22.2 Å². The van der Waals surface area contributed by atoms with Gasteiger partial charge in [0.15, 0.2) is 5.16 Å². The van der Waals surface area contributed by atoms with E-state index in [9.17, 15) is 4.79 Å². The van der Waals surface area contributed by atoms with Crippen LogP contribution in [0.25, 0.3) is 10.2 Å². The molecule has 1 aliphatic heterocycles. The van der Waals surface area contributed by atoms with Crippen molar-refractivity contribution in [2.24, 2.45) is 5.92 Å². The first-order valence-electron chi connectivity index (χ1n) is 9.57. The van der Waals surface area contributed by atoms with Crippen LogP contribution in [0.15, 0.2) is 35.5 Å². The van der Waals surface area contributed by atoms with Gasteiger partial charge in [-0.05, 0) is 23.6 Å². The lowest BCUT2D eigenvalue weighted by molar-refractivity contribution is -0.115. The highest BCUT2D eigenvalue weighted by Gasteiger charge is 2.27. The summed E-state index contributed by atoms with van der Waals surface area (Å²) in [5, 5.41) is 1.49. The minimum Gasteiger partial charge on any atom is -0.383 e. The van der Waals surface area contributed by atoms with Crippen LogP contribution in [0.3, 0.4) is 0 Å². The van der Waals surface area contributed by atoms with E-state index in [2.05, 4.69) is 23.8 Å². The molecule has 0 bridgehead atoms. The fourth-order valence-electron chi connectivity index (χ4n) is 3.40. The van der Waals surface area contributed by atoms with Crippen LogP contribution >= 0.6 is 23.1 Å². The van der Waals surface area contributed by atoms with Crippen molar-refractivity contribution in [3.8, 4) is 0 Å². The molecule has 0 fully saturated rings. The molecule has 1 atom stereocenters. The molecule has 29 heavy (non-hydrogen) atoms. The molecule has 2 aromatic heterocycles. The average molecular weight is 429 g/mol. The van der Waals surface area contributed by atoms with Gasteiger partial charge in [0.25, 0.3) is 0 Å². The number of carbonyl (C=O) groups is 1. The molecule has 0 aliphatic carbocycles. The van der Waals surface area contributed by atoms with E-state index in [1.54, 1.807) is 23.3 Å². The number of thiophene rings is 1. The van der Waals surface area contributed by atoms with E-state index in [-0.39, 0.29) is 17.8 Å². The normalized spacial score (nSPS) is 16.2. The molecule has 8 heteroatoms. The molecule has 1 amide bonds. The van der Waals surface area contributed by atoms with E-state index in [0.29, 0.717) is 23.5 Å². The molecule has 3 heterocycles. The molecule has 1 aromatic carbocycles. The molecule has 152 valence electrons. The molecular weight excluding hydrogens is 404 g/mol. The Morgan fingerprint density at radius 2 is 2.10 bits per heavy atom. The number of hydrogen-bond acceptors (Lipinski definition) is 7. The molecule has 2 N–H and O–H groups in total. The van der Waals surface area contributed by atoms with Crippen molar-refractivity contribution >= 4 is 50.7 Å². The Bertz CT molecular complexity index is 1040. The van der Waals surface area contributed by atoms with Crippen molar-refractivity contribution in [3.63, 3.8) is 0 Å². The molecule has 0 radical (unpaired) electrons. The Labute approximate surface area is 178 Å². The third kappa shape index (κ3) is 4.10. The highest BCUT2D eigenvalue weighted by atomic mass is 32.2. The predicted octanol–water partition coefficient (Wildman–Crippen LogP) is 4.13. The molecule has 0 unspecified atom stereocenters. The minimum absolute atomic E-state index is 0.0119. The zero-order valence-corrected chi connectivity index (χ0v) is 18.3. The average Bonchev–Trinajstić information content (AvgIpc) is 3.10. The molecular formula is C21H24N4O2S2. The van der Waals surface area contributed by atoms with Crippen molar-refractivity contribution in [1.82, 2.24) is 9.97 Å². The quantitative estimate of drug-likeness (QED) is 0.486. The predicted molar refractivity (Wildman–Crippen MR) is 120 cm³/mol. The first kappa shape index (κ1) is 20.1. The van der Waals surface area contributed by atoms with Gasteiger partial charge in [0, 0.05) is 24.0 Å². The first-order valence-corrected chi connectivity index (χ1v) is 11.4. The van der Waals surface area contributed by atoms with Gasteiger partial charge in [-0.1, -0.05) is 43.8 Å². The monoisotopic (exact) mass is 428 g/mol. The number of rotatable bonds is 5. The van der Waals surface area contributed by atoms with Crippen LogP contribution in [0.5, 0.6) is 0 Å². The van der Waals surface area contributed by atoms with E-state index in [4.69, 9.17) is 10.5 Å². The molecule has 0 saturated heterocycles. The number of anilines is 2. The molecule has 1 aliphatic rings. The summed E-state index contributed by atoms with van der Waals surface area (Å²) < 4.78 is 5.98. The second kappa shape index (κ2) is 8.30. The van der Waals surface area contributed by atoms with Crippen LogP contribution in [0.1, 0.15) is 24.3 Å². The van der Waals surface area contributed by atoms with E-state index < -0.39 is 0 Å². The van der Waals surface area contributed by atoms with Gasteiger partial charge in [0.1, 0.15) is 10.6 Å². The number of nitrogens with zero attached hydrogens (tertiary/aromatic N) is 3. The van der Waals surface area contributed by atoms with Crippen molar-refractivity contribution in [2.45, 2.75) is 38.1 Å². The summed E-state index contributed by atoms with van der Waals surface area (Å²) in [6.45, 7) is 4.94. The third-order valence-corrected chi connectivity index (χ3v) is 7.09. The molecule has 4 rings (SSSR count). The van der Waals surface area contributed by atoms with Crippen molar-refractivity contribution in [1.29, 1.82) is 0 Å². The molecule has 3 aromatic rings. The van der Waals surface area contributed by atoms with Gasteiger partial charge in [-0.25, -0.2) is 9.97 Å². The Hall–Kier alpha value is -2.16. The van der Waals surface area contributed by atoms with Gasteiger partial charge in [-0.3, -0.25) is 4.79 Å². The minimum atomic E-state index is -0.0119. The Morgan fingerprint density at radius 1 is 1.34 bits per heavy atom. The fourth-order valence-corrected chi connectivity index (χ4v) is 5.35. The summed E-state index contributed by atoms with van der Waals surface area (Å²) in [6, 6.07) is 9.57. The van der Waals surface area contributed by atoms with Crippen LogP contribution in [0, 0.1) is 5.92 Å². The summed E-state index contributed by atoms with van der Waals surface area (Å²) in [5.74, 6) is 1.17. The number of amides is 1. The zero-order chi connectivity index (χ0) is 20.5. The smallest absolute Gasteiger partial charge is 0.237 e. The lowest BCUT2D eigenvalue weighted by Gasteiger charge is -2.26. The van der Waals surface area contributed by atoms with Crippen molar-refractivity contribution < 1.29 is 9.53 Å². The summed E-state index contributed by atoms with van der Waals surface area (Å²) >= 11 is 2.93. The number of aromatic nitrogens is 2. The molecule has 0 saturated carbocycles. The van der Waals surface area contributed by atoms with Crippen LogP contribution in [0.4, 0.5) is 11.5 Å². The van der Waals surface area contributed by atoms with Gasteiger partial charge >= 0.3 is 0 Å². The Morgan fingerprint density at radius 3 is 2.83 bits per heavy atom. The number of ether oxygens (including phenoxy) is 1. The molecule has 0 spiro atoms. The lowest BCUT2D eigenvalue weighted by atomic mass is 9.96. The van der Waals surface area contributed by atoms with Crippen LogP contribution < -0.4 is 10.6 Å². The lowest BCUT2D eigenvalue weighted by Crippen LogP contribution is -2.27. The van der Waals surface area contributed by atoms with Gasteiger partial charge in [0.05, 0.1) is 23.8 Å². The second-order valence-electron chi connectivity index (χ2n) is 7.45. The number of carbonyl (C=O) groups excluding carboxylic acids is 1. The number of para-hydroxylation sites is 1. The Kier molecular flexibility index (Phi) is 5.76. The zero-order valence-electron chi connectivity index (χ0n) is 16.7. The highest BCUT2D eigenvalue weighted by molar-refractivity contribution is 7.99. The van der Waals surface area contributed by atoms with Crippen LogP contribution in [-0.4, -0.2) is 34.8 Å². The first-order chi connectivity index (χ1) is 13.9. The summed E-state index contributed by atoms with van der Waals surface area (Å²) in [4.78, 5) is 25.4. The van der Waals surface area contributed by atoms with E-state index >= 15 is 0 Å². The maximum absolute atomic E-state index is 12.5. The Balaban J connectivity index is 1.52. The number of benzene rings is 1. The number of hydrogen-bond donors (Lipinski definition) is 1. The topological polar surface area (TPSA) is 81.3 Å². The van der Waals surface area contributed by atoms with Crippen molar-refractivity contribution in [3.05, 3.63) is 40.8 Å². The molecule has 6 nitrogen and oxygen atoms in total. The highest BCUT2D eigenvalue weighted by Crippen LogP contribution is 2.39. The summed E-state index contributed by atoms with van der Waals surface area (Å²) in [6.07, 6.45) is 1.04. The second-order valence-corrected chi connectivity index (χ2v) is 9.48. The largest absolute Gasteiger partial charge is 0.383 e. The van der Waals surface area contributed by atoms with Crippen LogP contribution in [-0.2, 0) is 22.6 Å². The van der Waals surface area contributed by atoms with Gasteiger partial charge in [-0.2, -0.15) is 0 Å². The summed E-state index contributed by atoms with van der Waals surface area (Å²) in [5.41, 5.74) is 8.40. The maximum Gasteiger partial charge on any atom is 0.237 e. The summed E-state index contributed by atoms with van der Waals surface area (Å²) in [7, 11) is 1.77. The van der Waals surface area contributed by atoms with Gasteiger partial charge in [0.2, 0.25) is 5.91 Å².